The van der Waals surface area contributed by atoms with Crippen LogP contribution >= 0.6 is 11.3 Å². The minimum absolute atomic E-state index is 0.0290. The quantitative estimate of drug-likeness (QED) is 0.920. The topological polar surface area (TPSA) is 68.0 Å². The molecule has 1 fully saturated rings. The molecule has 0 atom stereocenters. The van der Waals surface area contributed by atoms with Crippen LogP contribution in [0.1, 0.15) is 64.1 Å². The number of carbonyl (C=O) groups excluding carboxylic acids is 1. The van der Waals surface area contributed by atoms with E-state index in [0.717, 1.165) is 24.2 Å². The first-order valence-corrected chi connectivity index (χ1v) is 8.89. The van der Waals surface area contributed by atoms with E-state index in [1.54, 1.807) is 11.3 Å². The Hall–Kier alpha value is -1.69. The molecule has 2 heterocycles. The van der Waals surface area contributed by atoms with Crippen molar-refractivity contribution < 1.29 is 9.32 Å². The van der Waals surface area contributed by atoms with Crippen LogP contribution in [0.25, 0.3) is 0 Å². The summed E-state index contributed by atoms with van der Waals surface area (Å²) in [5.41, 5.74) is 2.13. The van der Waals surface area contributed by atoms with Crippen molar-refractivity contribution in [3.63, 3.8) is 0 Å². The third-order valence-electron chi connectivity index (χ3n) is 4.36. The smallest absolute Gasteiger partial charge is 0.252 e. The van der Waals surface area contributed by atoms with Crippen LogP contribution in [0.2, 0.25) is 0 Å². The highest BCUT2D eigenvalue weighted by molar-refractivity contribution is 7.10. The average Bonchev–Trinajstić information content (AvgIpc) is 3.12. The molecule has 1 saturated carbocycles. The highest BCUT2D eigenvalue weighted by atomic mass is 32.1. The molecule has 6 heteroatoms. The molecular formula is C16H19N3O2S. The molecule has 2 aliphatic rings. The Balaban J connectivity index is 1.33. The first kappa shape index (κ1) is 13.9. The van der Waals surface area contributed by atoms with Crippen molar-refractivity contribution in [1.82, 2.24) is 15.5 Å². The molecule has 1 N–H and O–H groups in total. The van der Waals surface area contributed by atoms with E-state index in [0.29, 0.717) is 24.8 Å². The van der Waals surface area contributed by atoms with Crippen LogP contribution in [-0.2, 0) is 19.3 Å². The first-order chi connectivity index (χ1) is 10.8. The lowest BCUT2D eigenvalue weighted by atomic mass is 9.96. The highest BCUT2D eigenvalue weighted by Gasteiger charge is 2.28. The van der Waals surface area contributed by atoms with Gasteiger partial charge < -0.3 is 9.84 Å². The number of hydrogen-bond donors (Lipinski definition) is 1. The summed E-state index contributed by atoms with van der Waals surface area (Å²) in [4.78, 5) is 18.1. The summed E-state index contributed by atoms with van der Waals surface area (Å²) in [5, 5.41) is 8.97. The summed E-state index contributed by atoms with van der Waals surface area (Å²) in [5.74, 6) is 1.98. The normalized spacial score (nSPS) is 17.3. The molecule has 0 bridgehead atoms. The molecule has 0 aliphatic heterocycles. The Labute approximate surface area is 133 Å². The van der Waals surface area contributed by atoms with Crippen molar-refractivity contribution in [3.05, 3.63) is 33.1 Å². The molecule has 22 heavy (non-hydrogen) atoms. The minimum Gasteiger partial charge on any atom is -0.351 e. The van der Waals surface area contributed by atoms with Gasteiger partial charge in [-0.25, -0.2) is 0 Å². The minimum atomic E-state index is 0.0290. The zero-order valence-corrected chi connectivity index (χ0v) is 13.2. The van der Waals surface area contributed by atoms with E-state index in [-0.39, 0.29) is 5.91 Å². The van der Waals surface area contributed by atoms with E-state index in [2.05, 4.69) is 15.5 Å². The van der Waals surface area contributed by atoms with E-state index in [1.807, 2.05) is 5.38 Å². The number of thiophene rings is 1. The first-order valence-electron chi connectivity index (χ1n) is 8.01. The molecule has 4 rings (SSSR count). The van der Waals surface area contributed by atoms with Gasteiger partial charge in [0.25, 0.3) is 5.91 Å². The number of nitrogens with zero attached hydrogens (tertiary/aromatic N) is 2. The van der Waals surface area contributed by atoms with Gasteiger partial charge in [-0.2, -0.15) is 4.98 Å². The van der Waals surface area contributed by atoms with Crippen molar-refractivity contribution in [2.24, 2.45) is 0 Å². The van der Waals surface area contributed by atoms with Gasteiger partial charge in [0.2, 0.25) is 5.89 Å². The molecule has 116 valence electrons. The molecule has 0 unspecified atom stereocenters. The standard InChI is InChI=1S/C16H19N3O2S/c20-16(12-9-22-13-4-2-1-3-11(12)13)17-8-7-14-18-15(19-21-14)10-5-6-10/h9-10H,1-8H2,(H,17,20). The molecular weight excluding hydrogens is 298 g/mol. The predicted molar refractivity (Wildman–Crippen MR) is 83.3 cm³/mol. The van der Waals surface area contributed by atoms with Crippen LogP contribution in [-0.4, -0.2) is 22.6 Å². The van der Waals surface area contributed by atoms with E-state index >= 15 is 0 Å². The largest absolute Gasteiger partial charge is 0.351 e. The van der Waals surface area contributed by atoms with E-state index in [4.69, 9.17) is 4.52 Å². The molecule has 2 aromatic heterocycles. The van der Waals surface area contributed by atoms with Crippen molar-refractivity contribution in [1.29, 1.82) is 0 Å². The monoisotopic (exact) mass is 317 g/mol. The van der Waals surface area contributed by atoms with Gasteiger partial charge in [0.05, 0.1) is 5.56 Å². The van der Waals surface area contributed by atoms with Gasteiger partial charge in [-0.15, -0.1) is 11.3 Å². The lowest BCUT2D eigenvalue weighted by Gasteiger charge is -2.12. The van der Waals surface area contributed by atoms with Gasteiger partial charge in [0, 0.05) is 29.1 Å². The van der Waals surface area contributed by atoms with Gasteiger partial charge in [0.15, 0.2) is 5.82 Å². The number of aromatic nitrogens is 2. The number of nitrogens with one attached hydrogen (secondary N) is 1. The molecule has 0 spiro atoms. The van der Waals surface area contributed by atoms with Gasteiger partial charge in [-0.05, 0) is 44.1 Å². The Kier molecular flexibility index (Phi) is 3.70. The third-order valence-corrected chi connectivity index (χ3v) is 5.45. The maximum atomic E-state index is 12.3. The van der Waals surface area contributed by atoms with Gasteiger partial charge in [-0.3, -0.25) is 4.79 Å². The van der Waals surface area contributed by atoms with Crippen molar-refractivity contribution >= 4 is 17.2 Å². The van der Waals surface area contributed by atoms with Crippen molar-refractivity contribution in [2.45, 2.75) is 50.9 Å². The number of carbonyl (C=O) groups is 1. The van der Waals surface area contributed by atoms with Crippen LogP contribution in [0, 0.1) is 0 Å². The lowest BCUT2D eigenvalue weighted by molar-refractivity contribution is 0.0952. The predicted octanol–water partition coefficient (Wildman–Crippen LogP) is 2.86. The van der Waals surface area contributed by atoms with Crippen molar-refractivity contribution in [3.8, 4) is 0 Å². The average molecular weight is 317 g/mol. The van der Waals surface area contributed by atoms with Crippen LogP contribution in [0.15, 0.2) is 9.90 Å². The maximum absolute atomic E-state index is 12.3. The molecule has 5 nitrogen and oxygen atoms in total. The van der Waals surface area contributed by atoms with Gasteiger partial charge in [0.1, 0.15) is 0 Å². The SMILES string of the molecule is O=C(NCCc1nc(C2CC2)no1)c1csc2c1CCCC2. The lowest BCUT2D eigenvalue weighted by Crippen LogP contribution is -2.26. The van der Waals surface area contributed by atoms with E-state index in [9.17, 15) is 4.79 Å². The van der Waals surface area contributed by atoms with Crippen LogP contribution in [0.3, 0.4) is 0 Å². The molecule has 2 aliphatic carbocycles. The Morgan fingerprint density at radius 1 is 1.36 bits per heavy atom. The van der Waals surface area contributed by atoms with Crippen LogP contribution in [0.5, 0.6) is 0 Å². The summed E-state index contributed by atoms with van der Waals surface area (Å²) < 4.78 is 5.22. The zero-order chi connectivity index (χ0) is 14.9. The van der Waals surface area contributed by atoms with Crippen LogP contribution in [0.4, 0.5) is 0 Å². The van der Waals surface area contributed by atoms with E-state index < -0.39 is 0 Å². The molecule has 0 saturated heterocycles. The summed E-state index contributed by atoms with van der Waals surface area (Å²) in [6.45, 7) is 0.537. The Morgan fingerprint density at radius 3 is 3.09 bits per heavy atom. The summed E-state index contributed by atoms with van der Waals surface area (Å²) in [6.07, 6.45) is 7.52. The molecule has 1 amide bonds. The second kappa shape index (κ2) is 5.83. The molecule has 0 aromatic carbocycles. The maximum Gasteiger partial charge on any atom is 0.252 e. The van der Waals surface area contributed by atoms with Crippen molar-refractivity contribution in [2.75, 3.05) is 6.54 Å². The Bertz CT molecular complexity index is 687. The number of rotatable bonds is 5. The second-order valence-electron chi connectivity index (χ2n) is 6.08. The summed E-state index contributed by atoms with van der Waals surface area (Å²) >= 11 is 1.72. The molecule has 2 aromatic rings. The third kappa shape index (κ3) is 2.79. The fourth-order valence-electron chi connectivity index (χ4n) is 2.94. The zero-order valence-electron chi connectivity index (χ0n) is 12.4. The number of amides is 1. The van der Waals surface area contributed by atoms with Gasteiger partial charge >= 0.3 is 0 Å². The number of fused-ring (bicyclic) bond motifs is 1. The number of aryl methyl sites for hydroxylation is 1. The molecule has 0 radical (unpaired) electrons. The fourth-order valence-corrected chi connectivity index (χ4v) is 4.07. The summed E-state index contributed by atoms with van der Waals surface area (Å²) in [7, 11) is 0. The van der Waals surface area contributed by atoms with E-state index in [1.165, 1.54) is 36.1 Å². The number of hydrogen-bond acceptors (Lipinski definition) is 5. The highest BCUT2D eigenvalue weighted by Crippen LogP contribution is 2.38. The van der Waals surface area contributed by atoms with Crippen LogP contribution < -0.4 is 5.32 Å². The summed E-state index contributed by atoms with van der Waals surface area (Å²) in [6, 6.07) is 0. The van der Waals surface area contributed by atoms with Gasteiger partial charge in [-0.1, -0.05) is 5.16 Å². The fraction of sp³-hybridized carbons (Fsp3) is 0.562. The second-order valence-corrected chi connectivity index (χ2v) is 7.05. The Morgan fingerprint density at radius 2 is 2.23 bits per heavy atom.